The van der Waals surface area contributed by atoms with E-state index in [2.05, 4.69) is 13.8 Å². The number of rotatable bonds is 3. The average Bonchev–Trinajstić information content (AvgIpc) is 2.17. The van der Waals surface area contributed by atoms with E-state index in [4.69, 9.17) is 5.11 Å². The fourth-order valence-corrected chi connectivity index (χ4v) is 2.35. The molecule has 3 unspecified atom stereocenters. The zero-order valence-electron chi connectivity index (χ0n) is 8.42. The fraction of sp³-hybridized carbons (Fsp3) is 1.00. The second kappa shape index (κ2) is 4.86. The SMILES string of the molecule is CCC(C)C1CCCC(CO)C1. The summed E-state index contributed by atoms with van der Waals surface area (Å²) < 4.78 is 0. The molecule has 0 aliphatic heterocycles. The number of hydrogen-bond acceptors (Lipinski definition) is 1. The van der Waals surface area contributed by atoms with Crippen molar-refractivity contribution in [1.29, 1.82) is 0 Å². The molecule has 12 heavy (non-hydrogen) atoms. The smallest absolute Gasteiger partial charge is 0.0459 e. The lowest BCUT2D eigenvalue weighted by molar-refractivity contribution is 0.135. The molecule has 1 rings (SSSR count). The molecule has 0 aromatic carbocycles. The fourth-order valence-electron chi connectivity index (χ4n) is 2.35. The first-order valence-electron chi connectivity index (χ1n) is 5.38. The van der Waals surface area contributed by atoms with Crippen molar-refractivity contribution in [3.05, 3.63) is 0 Å². The first kappa shape index (κ1) is 10.0. The quantitative estimate of drug-likeness (QED) is 0.690. The molecular formula is C11H22O. The van der Waals surface area contributed by atoms with Crippen molar-refractivity contribution in [3.63, 3.8) is 0 Å². The lowest BCUT2D eigenvalue weighted by Crippen LogP contribution is -2.22. The first-order chi connectivity index (χ1) is 5.77. The Balaban J connectivity index is 2.34. The zero-order valence-corrected chi connectivity index (χ0v) is 8.42. The largest absolute Gasteiger partial charge is 0.396 e. The molecule has 0 aromatic rings. The highest BCUT2D eigenvalue weighted by atomic mass is 16.3. The van der Waals surface area contributed by atoms with Crippen LogP contribution >= 0.6 is 0 Å². The van der Waals surface area contributed by atoms with Crippen LogP contribution in [0.4, 0.5) is 0 Å². The highest BCUT2D eigenvalue weighted by Gasteiger charge is 2.24. The van der Waals surface area contributed by atoms with Gasteiger partial charge < -0.3 is 5.11 Å². The van der Waals surface area contributed by atoms with Crippen molar-refractivity contribution in [1.82, 2.24) is 0 Å². The Kier molecular flexibility index (Phi) is 4.07. The van der Waals surface area contributed by atoms with Crippen molar-refractivity contribution in [2.75, 3.05) is 6.61 Å². The molecule has 0 saturated heterocycles. The van der Waals surface area contributed by atoms with Crippen LogP contribution in [-0.4, -0.2) is 11.7 Å². The van der Waals surface area contributed by atoms with Crippen molar-refractivity contribution in [3.8, 4) is 0 Å². The van der Waals surface area contributed by atoms with E-state index >= 15 is 0 Å². The lowest BCUT2D eigenvalue weighted by Gasteiger charge is -2.31. The Morgan fingerprint density at radius 1 is 1.42 bits per heavy atom. The van der Waals surface area contributed by atoms with E-state index in [1.54, 1.807) is 0 Å². The van der Waals surface area contributed by atoms with E-state index in [0.29, 0.717) is 12.5 Å². The lowest BCUT2D eigenvalue weighted by atomic mass is 9.75. The molecule has 3 atom stereocenters. The van der Waals surface area contributed by atoms with Gasteiger partial charge >= 0.3 is 0 Å². The molecular weight excluding hydrogens is 148 g/mol. The Morgan fingerprint density at radius 3 is 2.75 bits per heavy atom. The summed E-state index contributed by atoms with van der Waals surface area (Å²) in [7, 11) is 0. The predicted molar refractivity (Wildman–Crippen MR) is 52.0 cm³/mol. The van der Waals surface area contributed by atoms with Crippen LogP contribution in [0.1, 0.15) is 46.0 Å². The minimum Gasteiger partial charge on any atom is -0.396 e. The topological polar surface area (TPSA) is 20.2 Å². The maximum Gasteiger partial charge on any atom is 0.0459 e. The van der Waals surface area contributed by atoms with Crippen LogP contribution in [0.25, 0.3) is 0 Å². The zero-order chi connectivity index (χ0) is 8.97. The van der Waals surface area contributed by atoms with Crippen LogP contribution < -0.4 is 0 Å². The van der Waals surface area contributed by atoms with Crippen LogP contribution in [0.2, 0.25) is 0 Å². The van der Waals surface area contributed by atoms with Gasteiger partial charge in [0.05, 0.1) is 0 Å². The van der Waals surface area contributed by atoms with Gasteiger partial charge in [-0.15, -0.1) is 0 Å². The Labute approximate surface area is 76.2 Å². The van der Waals surface area contributed by atoms with Crippen LogP contribution in [0.3, 0.4) is 0 Å². The summed E-state index contributed by atoms with van der Waals surface area (Å²) in [5.74, 6) is 2.36. The third-order valence-electron chi connectivity index (χ3n) is 3.53. The van der Waals surface area contributed by atoms with Gasteiger partial charge in [0.15, 0.2) is 0 Å². The maximum atomic E-state index is 9.06. The second-order valence-electron chi connectivity index (χ2n) is 4.36. The summed E-state index contributed by atoms with van der Waals surface area (Å²) >= 11 is 0. The van der Waals surface area contributed by atoms with Gasteiger partial charge in [0.1, 0.15) is 0 Å². The molecule has 1 aliphatic rings. The molecule has 0 amide bonds. The summed E-state index contributed by atoms with van der Waals surface area (Å²) in [4.78, 5) is 0. The summed E-state index contributed by atoms with van der Waals surface area (Å²) in [6.45, 7) is 5.03. The normalized spacial score (nSPS) is 33.2. The van der Waals surface area contributed by atoms with Crippen molar-refractivity contribution >= 4 is 0 Å². The molecule has 0 radical (unpaired) electrons. The summed E-state index contributed by atoms with van der Waals surface area (Å²) in [6.07, 6.45) is 6.55. The van der Waals surface area contributed by atoms with E-state index < -0.39 is 0 Å². The van der Waals surface area contributed by atoms with Crippen LogP contribution in [-0.2, 0) is 0 Å². The van der Waals surface area contributed by atoms with Gasteiger partial charge in [-0.05, 0) is 30.6 Å². The van der Waals surface area contributed by atoms with Crippen LogP contribution in [0, 0.1) is 17.8 Å². The monoisotopic (exact) mass is 170 g/mol. The molecule has 0 bridgehead atoms. The molecule has 0 spiro atoms. The first-order valence-corrected chi connectivity index (χ1v) is 5.38. The third kappa shape index (κ3) is 2.48. The summed E-state index contributed by atoms with van der Waals surface area (Å²) in [5, 5.41) is 9.06. The summed E-state index contributed by atoms with van der Waals surface area (Å²) in [5.41, 5.74) is 0. The van der Waals surface area contributed by atoms with Gasteiger partial charge in [-0.1, -0.05) is 33.1 Å². The van der Waals surface area contributed by atoms with E-state index in [-0.39, 0.29) is 0 Å². The number of hydrogen-bond donors (Lipinski definition) is 1. The van der Waals surface area contributed by atoms with E-state index in [9.17, 15) is 0 Å². The van der Waals surface area contributed by atoms with Gasteiger partial charge in [-0.2, -0.15) is 0 Å². The van der Waals surface area contributed by atoms with Gasteiger partial charge in [0.25, 0.3) is 0 Å². The van der Waals surface area contributed by atoms with Gasteiger partial charge in [0.2, 0.25) is 0 Å². The second-order valence-corrected chi connectivity index (χ2v) is 4.36. The van der Waals surface area contributed by atoms with Gasteiger partial charge in [-0.3, -0.25) is 0 Å². The maximum absolute atomic E-state index is 9.06. The van der Waals surface area contributed by atoms with Crippen molar-refractivity contribution in [2.24, 2.45) is 17.8 Å². The Bertz CT molecular complexity index is 120. The van der Waals surface area contributed by atoms with E-state index in [0.717, 1.165) is 11.8 Å². The summed E-state index contributed by atoms with van der Waals surface area (Å²) in [6, 6.07) is 0. The number of aliphatic hydroxyl groups is 1. The molecule has 1 N–H and O–H groups in total. The van der Waals surface area contributed by atoms with Crippen molar-refractivity contribution < 1.29 is 5.11 Å². The predicted octanol–water partition coefficient (Wildman–Crippen LogP) is 2.83. The van der Waals surface area contributed by atoms with Gasteiger partial charge in [-0.25, -0.2) is 0 Å². The van der Waals surface area contributed by atoms with Crippen molar-refractivity contribution in [2.45, 2.75) is 46.0 Å². The molecule has 1 saturated carbocycles. The molecule has 1 fully saturated rings. The number of aliphatic hydroxyl groups excluding tert-OH is 1. The van der Waals surface area contributed by atoms with Crippen LogP contribution in [0.5, 0.6) is 0 Å². The molecule has 1 heteroatoms. The molecule has 1 nitrogen and oxygen atoms in total. The minimum atomic E-state index is 0.410. The molecule has 72 valence electrons. The molecule has 0 heterocycles. The minimum absolute atomic E-state index is 0.410. The molecule has 0 aromatic heterocycles. The Hall–Kier alpha value is -0.0400. The highest BCUT2D eigenvalue weighted by molar-refractivity contribution is 4.75. The van der Waals surface area contributed by atoms with Gasteiger partial charge in [0, 0.05) is 6.61 Å². The molecule has 1 aliphatic carbocycles. The Morgan fingerprint density at radius 2 is 2.17 bits per heavy atom. The van der Waals surface area contributed by atoms with E-state index in [1.807, 2.05) is 0 Å². The van der Waals surface area contributed by atoms with Crippen LogP contribution in [0.15, 0.2) is 0 Å². The third-order valence-corrected chi connectivity index (χ3v) is 3.53. The average molecular weight is 170 g/mol. The van der Waals surface area contributed by atoms with E-state index in [1.165, 1.54) is 32.1 Å². The highest BCUT2D eigenvalue weighted by Crippen LogP contribution is 2.34. The standard InChI is InChI=1S/C11H22O/c1-3-9(2)11-6-4-5-10(7-11)8-12/h9-12H,3-8H2,1-2H3.